The molecule has 37 heavy (non-hydrogen) atoms. The standard InChI is InChI=1S/C26H21F3N6O2/c27-25(28)26(29)13-37-12-23-18(26)5-16(8-32-23)24(36)33-9-17-6-20-15(7-31-17)3-4-19(34-20)22-11-30-10-21(35-22)14-1-2-14/h3-8,10-11,14,25H,1-2,9,12-13H2,(H,33,36)/t26-/m1/s1. The molecule has 1 N–H and O–H groups in total. The van der Waals surface area contributed by atoms with E-state index in [2.05, 4.69) is 20.3 Å². The first kappa shape index (κ1) is 23.4. The molecule has 1 fully saturated rings. The van der Waals surface area contributed by atoms with Crippen LogP contribution in [0.2, 0.25) is 0 Å². The van der Waals surface area contributed by atoms with Gasteiger partial charge in [0.1, 0.15) is 5.69 Å². The fourth-order valence-corrected chi connectivity index (χ4v) is 4.30. The van der Waals surface area contributed by atoms with Crippen molar-refractivity contribution in [3.05, 3.63) is 77.3 Å². The van der Waals surface area contributed by atoms with Gasteiger partial charge in [-0.15, -0.1) is 0 Å². The first-order chi connectivity index (χ1) is 17.9. The summed E-state index contributed by atoms with van der Waals surface area (Å²) in [6.07, 6.45) is 5.28. The lowest BCUT2D eigenvalue weighted by atomic mass is 9.92. The number of carbonyl (C=O) groups excluding carboxylic acids is 1. The van der Waals surface area contributed by atoms with E-state index in [1.807, 2.05) is 12.1 Å². The number of amides is 1. The van der Waals surface area contributed by atoms with Crippen LogP contribution in [0, 0.1) is 0 Å². The lowest BCUT2D eigenvalue weighted by Gasteiger charge is -2.30. The molecule has 188 valence electrons. The van der Waals surface area contributed by atoms with Gasteiger partial charge in [-0.1, -0.05) is 0 Å². The molecule has 0 spiro atoms. The summed E-state index contributed by atoms with van der Waals surface area (Å²) in [6, 6.07) is 6.63. The largest absolute Gasteiger partial charge is 0.371 e. The Labute approximate surface area is 209 Å². The first-order valence-corrected chi connectivity index (χ1v) is 11.8. The van der Waals surface area contributed by atoms with Gasteiger partial charge in [-0.25, -0.2) is 23.1 Å². The normalized spacial score (nSPS) is 19.1. The summed E-state index contributed by atoms with van der Waals surface area (Å²) < 4.78 is 46.6. The second-order valence-electron chi connectivity index (χ2n) is 9.23. The van der Waals surface area contributed by atoms with E-state index < -0.39 is 24.6 Å². The van der Waals surface area contributed by atoms with Crippen molar-refractivity contribution < 1.29 is 22.7 Å². The maximum absolute atomic E-state index is 14.9. The molecule has 0 unspecified atom stereocenters. The third-order valence-corrected chi connectivity index (χ3v) is 6.55. The van der Waals surface area contributed by atoms with Gasteiger partial charge in [0.2, 0.25) is 5.67 Å². The van der Waals surface area contributed by atoms with Crippen molar-refractivity contribution in [2.45, 2.75) is 44.0 Å². The number of nitrogens with one attached hydrogen (secondary N) is 1. The number of rotatable bonds is 6. The summed E-state index contributed by atoms with van der Waals surface area (Å²) in [4.78, 5) is 34.8. The predicted molar refractivity (Wildman–Crippen MR) is 126 cm³/mol. The predicted octanol–water partition coefficient (Wildman–Crippen LogP) is 4.25. The second-order valence-corrected chi connectivity index (χ2v) is 9.23. The Kier molecular flexibility index (Phi) is 5.79. The van der Waals surface area contributed by atoms with Gasteiger partial charge in [0, 0.05) is 35.5 Å². The second kappa shape index (κ2) is 9.15. The zero-order valence-electron chi connectivity index (χ0n) is 19.5. The molecule has 0 saturated heterocycles. The van der Waals surface area contributed by atoms with E-state index in [1.54, 1.807) is 24.7 Å². The van der Waals surface area contributed by atoms with E-state index in [9.17, 15) is 18.0 Å². The highest BCUT2D eigenvalue weighted by atomic mass is 19.3. The number of pyridine rings is 3. The van der Waals surface area contributed by atoms with Crippen LogP contribution < -0.4 is 5.32 Å². The smallest absolute Gasteiger partial charge is 0.278 e. The Hall–Kier alpha value is -3.99. The SMILES string of the molecule is O=C(NCc1cc2nc(-c3cncc(C4CC4)n3)ccc2cn1)c1cnc2c(c1)[C@@](F)(C(F)F)COC2. The molecule has 6 rings (SSSR count). The van der Waals surface area contributed by atoms with E-state index in [0.717, 1.165) is 30.0 Å². The van der Waals surface area contributed by atoms with Crippen LogP contribution in [0.25, 0.3) is 22.3 Å². The van der Waals surface area contributed by atoms with E-state index in [1.165, 1.54) is 6.20 Å². The molecule has 1 saturated carbocycles. The maximum Gasteiger partial charge on any atom is 0.278 e. The number of carbonyl (C=O) groups is 1. The fraction of sp³-hybridized carbons (Fsp3) is 0.308. The highest BCUT2D eigenvalue weighted by Crippen LogP contribution is 2.39. The maximum atomic E-state index is 14.9. The molecule has 1 atom stereocenters. The van der Waals surface area contributed by atoms with Gasteiger partial charge in [-0.3, -0.25) is 19.7 Å². The lowest BCUT2D eigenvalue weighted by molar-refractivity contribution is -0.108. The third kappa shape index (κ3) is 4.50. The summed E-state index contributed by atoms with van der Waals surface area (Å²) in [5.74, 6) is -0.114. The number of hydrogen-bond acceptors (Lipinski definition) is 7. The molecule has 4 aromatic heterocycles. The number of nitrogens with zero attached hydrogens (tertiary/aromatic N) is 5. The van der Waals surface area contributed by atoms with Gasteiger partial charge in [0.05, 0.1) is 59.8 Å². The minimum absolute atomic E-state index is 0.0290. The third-order valence-electron chi connectivity index (χ3n) is 6.55. The van der Waals surface area contributed by atoms with Crippen LogP contribution in [0.1, 0.15) is 51.8 Å². The molecule has 4 aromatic rings. The summed E-state index contributed by atoms with van der Waals surface area (Å²) in [5, 5.41) is 3.50. The van der Waals surface area contributed by atoms with E-state index >= 15 is 0 Å². The van der Waals surface area contributed by atoms with Gasteiger partial charge in [-0.2, -0.15) is 0 Å². The van der Waals surface area contributed by atoms with Crippen LogP contribution in [-0.4, -0.2) is 43.9 Å². The number of halogens is 3. The Morgan fingerprint density at radius 2 is 1.95 bits per heavy atom. The molecule has 0 aromatic carbocycles. The minimum atomic E-state index is -3.31. The fourth-order valence-electron chi connectivity index (χ4n) is 4.30. The minimum Gasteiger partial charge on any atom is -0.371 e. The molecular formula is C26H21F3N6O2. The number of aromatic nitrogens is 5. The van der Waals surface area contributed by atoms with Gasteiger partial charge in [0.25, 0.3) is 12.3 Å². The molecule has 2 aliphatic rings. The molecule has 1 aliphatic heterocycles. The molecule has 1 aliphatic carbocycles. The van der Waals surface area contributed by atoms with Crippen molar-refractivity contribution in [2.24, 2.45) is 0 Å². The quantitative estimate of drug-likeness (QED) is 0.417. The van der Waals surface area contributed by atoms with Crippen molar-refractivity contribution in [3.63, 3.8) is 0 Å². The zero-order valence-corrected chi connectivity index (χ0v) is 19.5. The summed E-state index contributed by atoms with van der Waals surface area (Å²) in [5.41, 5.74) is 0.242. The molecule has 5 heterocycles. The lowest BCUT2D eigenvalue weighted by Crippen LogP contribution is -2.39. The average Bonchev–Trinajstić information content (AvgIpc) is 3.77. The summed E-state index contributed by atoms with van der Waals surface area (Å²) >= 11 is 0. The monoisotopic (exact) mass is 506 g/mol. The van der Waals surface area contributed by atoms with E-state index in [-0.39, 0.29) is 30.0 Å². The van der Waals surface area contributed by atoms with Gasteiger partial charge < -0.3 is 10.1 Å². The Balaban J connectivity index is 1.20. The molecule has 8 nitrogen and oxygen atoms in total. The van der Waals surface area contributed by atoms with Crippen LogP contribution in [0.15, 0.2) is 49.1 Å². The number of fused-ring (bicyclic) bond motifs is 2. The van der Waals surface area contributed by atoms with Crippen molar-refractivity contribution in [3.8, 4) is 11.4 Å². The van der Waals surface area contributed by atoms with Crippen LogP contribution >= 0.6 is 0 Å². The number of alkyl halides is 3. The highest BCUT2D eigenvalue weighted by molar-refractivity contribution is 5.94. The number of hydrogen-bond donors (Lipinski definition) is 1. The topological polar surface area (TPSA) is 103 Å². The van der Waals surface area contributed by atoms with Crippen molar-refractivity contribution >= 4 is 16.8 Å². The van der Waals surface area contributed by atoms with Gasteiger partial charge in [0.15, 0.2) is 0 Å². The van der Waals surface area contributed by atoms with Crippen molar-refractivity contribution in [2.75, 3.05) is 6.61 Å². The Morgan fingerprint density at radius 1 is 1.08 bits per heavy atom. The van der Waals surface area contributed by atoms with Crippen molar-refractivity contribution in [1.82, 2.24) is 30.2 Å². The molecular weight excluding hydrogens is 485 g/mol. The molecule has 0 bridgehead atoms. The zero-order chi connectivity index (χ0) is 25.6. The van der Waals surface area contributed by atoms with Crippen LogP contribution in [0.4, 0.5) is 13.2 Å². The molecule has 11 heteroatoms. The Morgan fingerprint density at radius 3 is 2.76 bits per heavy atom. The van der Waals surface area contributed by atoms with Gasteiger partial charge in [-0.05, 0) is 37.1 Å². The van der Waals surface area contributed by atoms with Crippen LogP contribution in [0.3, 0.4) is 0 Å². The number of ether oxygens (including phenoxy) is 1. The summed E-state index contributed by atoms with van der Waals surface area (Å²) in [6.45, 7) is -0.841. The molecule has 1 amide bonds. The first-order valence-electron chi connectivity index (χ1n) is 11.8. The Bertz CT molecular complexity index is 1510. The van der Waals surface area contributed by atoms with Crippen molar-refractivity contribution in [1.29, 1.82) is 0 Å². The van der Waals surface area contributed by atoms with E-state index in [4.69, 9.17) is 14.7 Å². The summed E-state index contributed by atoms with van der Waals surface area (Å²) in [7, 11) is 0. The highest BCUT2D eigenvalue weighted by Gasteiger charge is 2.47. The van der Waals surface area contributed by atoms with E-state index in [0.29, 0.717) is 28.5 Å². The van der Waals surface area contributed by atoms with Crippen LogP contribution in [-0.2, 0) is 23.6 Å². The molecule has 0 radical (unpaired) electrons. The van der Waals surface area contributed by atoms with Gasteiger partial charge >= 0.3 is 0 Å². The average molecular weight is 506 g/mol. The van der Waals surface area contributed by atoms with Crippen LogP contribution in [0.5, 0.6) is 0 Å².